The molecule has 16 heavy (non-hydrogen) atoms. The van der Waals surface area contributed by atoms with Gasteiger partial charge in [-0.05, 0) is 42.4 Å². The Morgan fingerprint density at radius 3 is 2.44 bits per heavy atom. The molecule has 0 aromatic rings. The summed E-state index contributed by atoms with van der Waals surface area (Å²) in [6.45, 7) is 9.86. The van der Waals surface area contributed by atoms with Crippen LogP contribution in [-0.4, -0.2) is 11.7 Å². The van der Waals surface area contributed by atoms with Crippen LogP contribution in [0.2, 0.25) is 0 Å². The van der Waals surface area contributed by atoms with Crippen molar-refractivity contribution in [1.29, 1.82) is 0 Å². The number of aliphatic hydroxyl groups excluding tert-OH is 1. The maximum atomic E-state index is 9.10. The van der Waals surface area contributed by atoms with Gasteiger partial charge in [-0.1, -0.05) is 47.0 Å². The number of aliphatic hydroxyl groups is 1. The van der Waals surface area contributed by atoms with Crippen LogP contribution in [0.4, 0.5) is 0 Å². The zero-order valence-electron chi connectivity index (χ0n) is 11.7. The molecule has 1 rings (SSSR count). The quantitative estimate of drug-likeness (QED) is 0.753. The van der Waals surface area contributed by atoms with Crippen molar-refractivity contribution in [2.24, 2.45) is 16.7 Å². The highest BCUT2D eigenvalue weighted by atomic mass is 16.2. The molecule has 0 aromatic carbocycles. The van der Waals surface area contributed by atoms with Crippen molar-refractivity contribution >= 4 is 0 Å². The van der Waals surface area contributed by atoms with Gasteiger partial charge in [0.05, 0.1) is 0 Å². The predicted octanol–water partition coefficient (Wildman–Crippen LogP) is 4.39. The Morgan fingerprint density at radius 1 is 1.25 bits per heavy atom. The highest BCUT2D eigenvalue weighted by Crippen LogP contribution is 2.51. The van der Waals surface area contributed by atoms with E-state index in [9.17, 15) is 0 Å². The first-order valence-electron chi connectivity index (χ1n) is 7.00. The van der Waals surface area contributed by atoms with E-state index in [4.69, 9.17) is 5.11 Å². The van der Waals surface area contributed by atoms with Gasteiger partial charge in [-0.3, -0.25) is 0 Å². The van der Waals surface area contributed by atoms with Crippen molar-refractivity contribution in [2.75, 3.05) is 6.61 Å². The second-order valence-electron chi connectivity index (χ2n) is 7.07. The molecule has 1 fully saturated rings. The molecule has 1 nitrogen and oxygen atoms in total. The lowest BCUT2D eigenvalue weighted by Gasteiger charge is -2.46. The summed E-state index contributed by atoms with van der Waals surface area (Å²) in [6.07, 6.45) is 9.11. The predicted molar refractivity (Wildman–Crippen MR) is 70.5 cm³/mol. The van der Waals surface area contributed by atoms with E-state index in [0.29, 0.717) is 17.4 Å². The molecule has 2 atom stereocenters. The molecule has 96 valence electrons. The molecule has 1 heteroatoms. The zero-order valence-corrected chi connectivity index (χ0v) is 11.7. The van der Waals surface area contributed by atoms with Crippen LogP contribution in [0.25, 0.3) is 0 Å². The first-order valence-corrected chi connectivity index (χ1v) is 7.00. The second kappa shape index (κ2) is 5.53. The summed E-state index contributed by atoms with van der Waals surface area (Å²) >= 11 is 0. The Kier molecular flexibility index (Phi) is 4.85. The highest BCUT2D eigenvalue weighted by molar-refractivity contribution is 4.90. The van der Waals surface area contributed by atoms with Gasteiger partial charge in [0.15, 0.2) is 0 Å². The van der Waals surface area contributed by atoms with E-state index in [1.807, 2.05) is 0 Å². The lowest BCUT2D eigenvalue weighted by Crippen LogP contribution is -2.36. The van der Waals surface area contributed by atoms with E-state index in [2.05, 4.69) is 27.7 Å². The summed E-state index contributed by atoms with van der Waals surface area (Å²) in [5, 5.41) is 9.10. The van der Waals surface area contributed by atoms with Crippen molar-refractivity contribution in [3.63, 3.8) is 0 Å². The molecule has 0 spiro atoms. The fourth-order valence-corrected chi connectivity index (χ4v) is 3.69. The Labute approximate surface area is 102 Å². The Hall–Kier alpha value is -0.0400. The smallest absolute Gasteiger partial charge is 0.0431 e. The topological polar surface area (TPSA) is 20.2 Å². The normalized spacial score (nSPS) is 31.7. The average Bonchev–Trinajstić information content (AvgIpc) is 2.17. The maximum Gasteiger partial charge on any atom is 0.0431 e. The lowest BCUT2D eigenvalue weighted by atomic mass is 9.59. The highest BCUT2D eigenvalue weighted by Gasteiger charge is 2.40. The van der Waals surface area contributed by atoms with E-state index in [0.717, 1.165) is 12.3 Å². The monoisotopic (exact) mass is 226 g/mol. The molecule has 0 bridgehead atoms. The van der Waals surface area contributed by atoms with Crippen LogP contribution in [0.3, 0.4) is 0 Å². The molecule has 0 aliphatic heterocycles. The third-order valence-electron chi connectivity index (χ3n) is 4.32. The third-order valence-corrected chi connectivity index (χ3v) is 4.32. The van der Waals surface area contributed by atoms with Gasteiger partial charge < -0.3 is 5.11 Å². The molecule has 0 amide bonds. The molecule has 1 aliphatic rings. The Bertz CT molecular complexity index is 204. The second-order valence-corrected chi connectivity index (χ2v) is 7.07. The van der Waals surface area contributed by atoms with Gasteiger partial charge in [0.1, 0.15) is 0 Å². The largest absolute Gasteiger partial charge is 0.396 e. The van der Waals surface area contributed by atoms with Crippen molar-refractivity contribution in [1.82, 2.24) is 0 Å². The van der Waals surface area contributed by atoms with Crippen LogP contribution in [-0.2, 0) is 0 Å². The summed E-state index contributed by atoms with van der Waals surface area (Å²) in [6, 6.07) is 0. The van der Waals surface area contributed by atoms with Gasteiger partial charge in [-0.15, -0.1) is 0 Å². The van der Waals surface area contributed by atoms with E-state index in [-0.39, 0.29) is 0 Å². The Balaban J connectivity index is 2.73. The first-order chi connectivity index (χ1) is 7.40. The molecular formula is C15H30O. The molecule has 0 heterocycles. The summed E-state index contributed by atoms with van der Waals surface area (Å²) in [7, 11) is 0. The SMILES string of the molecule is CC1CCCCC1(CCCO)CC(C)(C)C. The van der Waals surface area contributed by atoms with E-state index in [1.165, 1.54) is 38.5 Å². The van der Waals surface area contributed by atoms with Gasteiger partial charge in [0.25, 0.3) is 0 Å². The Morgan fingerprint density at radius 2 is 1.94 bits per heavy atom. The van der Waals surface area contributed by atoms with Crippen LogP contribution in [0.5, 0.6) is 0 Å². The fraction of sp³-hybridized carbons (Fsp3) is 1.00. The van der Waals surface area contributed by atoms with Crippen molar-refractivity contribution in [3.05, 3.63) is 0 Å². The van der Waals surface area contributed by atoms with Crippen LogP contribution >= 0.6 is 0 Å². The average molecular weight is 226 g/mol. The van der Waals surface area contributed by atoms with E-state index in [1.54, 1.807) is 0 Å². The third kappa shape index (κ3) is 3.76. The zero-order chi connectivity index (χ0) is 12.2. The van der Waals surface area contributed by atoms with Gasteiger partial charge in [-0.25, -0.2) is 0 Å². The molecule has 0 radical (unpaired) electrons. The molecule has 0 saturated heterocycles. The minimum atomic E-state index is 0.360. The van der Waals surface area contributed by atoms with Crippen molar-refractivity contribution in [3.8, 4) is 0 Å². The maximum absolute atomic E-state index is 9.10. The van der Waals surface area contributed by atoms with Gasteiger partial charge in [-0.2, -0.15) is 0 Å². The first kappa shape index (κ1) is 14.0. The standard InChI is InChI=1S/C15H30O/c1-13-8-5-6-9-15(13,10-7-11-16)12-14(2,3)4/h13,16H,5-12H2,1-4H3. The lowest BCUT2D eigenvalue weighted by molar-refractivity contribution is 0.0376. The summed E-state index contributed by atoms with van der Waals surface area (Å²) in [5.74, 6) is 0.840. The molecule has 2 unspecified atom stereocenters. The van der Waals surface area contributed by atoms with Crippen LogP contribution in [0, 0.1) is 16.7 Å². The number of hydrogen-bond donors (Lipinski definition) is 1. The van der Waals surface area contributed by atoms with E-state index < -0.39 is 0 Å². The molecule has 0 aromatic heterocycles. The van der Waals surface area contributed by atoms with Gasteiger partial charge in [0.2, 0.25) is 0 Å². The van der Waals surface area contributed by atoms with Crippen LogP contribution in [0.15, 0.2) is 0 Å². The summed E-state index contributed by atoms with van der Waals surface area (Å²) in [5.41, 5.74) is 0.931. The molecular weight excluding hydrogens is 196 g/mol. The van der Waals surface area contributed by atoms with Crippen LogP contribution in [0.1, 0.15) is 72.6 Å². The van der Waals surface area contributed by atoms with Crippen molar-refractivity contribution < 1.29 is 5.11 Å². The molecule has 1 aliphatic carbocycles. The summed E-state index contributed by atoms with van der Waals surface area (Å²) < 4.78 is 0. The van der Waals surface area contributed by atoms with Gasteiger partial charge in [0, 0.05) is 6.61 Å². The van der Waals surface area contributed by atoms with Gasteiger partial charge >= 0.3 is 0 Å². The van der Waals surface area contributed by atoms with Crippen LogP contribution < -0.4 is 0 Å². The number of rotatable bonds is 4. The fourth-order valence-electron chi connectivity index (χ4n) is 3.69. The molecule has 1 saturated carbocycles. The number of hydrogen-bond acceptors (Lipinski definition) is 1. The molecule has 1 N–H and O–H groups in total. The minimum absolute atomic E-state index is 0.360. The van der Waals surface area contributed by atoms with E-state index >= 15 is 0 Å². The van der Waals surface area contributed by atoms with Crippen molar-refractivity contribution in [2.45, 2.75) is 72.6 Å². The minimum Gasteiger partial charge on any atom is -0.396 e. The summed E-state index contributed by atoms with van der Waals surface area (Å²) in [4.78, 5) is 0.